The van der Waals surface area contributed by atoms with Crippen LogP contribution in [0.25, 0.3) is 22.4 Å². The molecule has 5 heteroatoms. The van der Waals surface area contributed by atoms with Crippen LogP contribution in [0.2, 0.25) is 0 Å². The molecule has 0 amide bonds. The predicted molar refractivity (Wildman–Crippen MR) is 105 cm³/mol. The molecule has 0 aliphatic carbocycles. The van der Waals surface area contributed by atoms with Crippen LogP contribution in [0.1, 0.15) is 20.3 Å². The number of hydrogen-bond donors (Lipinski definition) is 2. The molecule has 0 bridgehead atoms. The molecular weight excluding hydrogens is 346 g/mol. The highest BCUT2D eigenvalue weighted by Crippen LogP contribution is 2.33. The Labute approximate surface area is 157 Å². The molecule has 0 aliphatic heterocycles. The summed E-state index contributed by atoms with van der Waals surface area (Å²) in [6.45, 7) is 4.96. The zero-order valence-electron chi connectivity index (χ0n) is 15.3. The van der Waals surface area contributed by atoms with Gasteiger partial charge >= 0.3 is 0 Å². The van der Waals surface area contributed by atoms with E-state index in [1.54, 1.807) is 36.4 Å². The van der Waals surface area contributed by atoms with E-state index >= 15 is 0 Å². The van der Waals surface area contributed by atoms with Crippen LogP contribution in [-0.4, -0.2) is 16.6 Å². The summed E-state index contributed by atoms with van der Waals surface area (Å²) < 4.78 is 28.0. The zero-order valence-corrected chi connectivity index (χ0v) is 15.3. The molecule has 0 atom stereocenters. The molecule has 3 nitrogen and oxygen atoms in total. The standard InChI is InChI=1S/C22H22F2N2O/c1-14(2)10-11-25-21-13-15(16-7-5-8-18(23)22(16)24)12-19(26-21)17-6-3-4-9-20(17)27/h3-9,12-14,27H,10-11H2,1-2H3,(H,25,26). The summed E-state index contributed by atoms with van der Waals surface area (Å²) in [6.07, 6.45) is 0.951. The molecule has 1 heterocycles. The highest BCUT2D eigenvalue weighted by Gasteiger charge is 2.14. The van der Waals surface area contributed by atoms with Crippen molar-refractivity contribution in [3.05, 3.63) is 66.2 Å². The summed E-state index contributed by atoms with van der Waals surface area (Å²) >= 11 is 0. The molecule has 0 fully saturated rings. The Kier molecular flexibility index (Phi) is 5.69. The highest BCUT2D eigenvalue weighted by atomic mass is 19.2. The lowest BCUT2D eigenvalue weighted by Gasteiger charge is -2.13. The molecule has 0 spiro atoms. The Morgan fingerprint density at radius 1 is 1.00 bits per heavy atom. The second-order valence-electron chi connectivity index (χ2n) is 6.85. The van der Waals surface area contributed by atoms with Gasteiger partial charge in [0.15, 0.2) is 11.6 Å². The number of pyridine rings is 1. The molecule has 0 aliphatic rings. The third kappa shape index (κ3) is 4.42. The third-order valence-corrected chi connectivity index (χ3v) is 4.30. The molecule has 3 aromatic rings. The molecule has 140 valence electrons. The molecule has 0 unspecified atom stereocenters. The number of halogens is 2. The van der Waals surface area contributed by atoms with Crippen LogP contribution < -0.4 is 5.32 Å². The van der Waals surface area contributed by atoms with Crippen LogP contribution in [0.15, 0.2) is 54.6 Å². The number of rotatable bonds is 6. The van der Waals surface area contributed by atoms with E-state index in [4.69, 9.17) is 0 Å². The van der Waals surface area contributed by atoms with Gasteiger partial charge in [-0.1, -0.05) is 38.1 Å². The summed E-state index contributed by atoms with van der Waals surface area (Å²) in [6, 6.07) is 14.3. The van der Waals surface area contributed by atoms with Crippen LogP contribution in [-0.2, 0) is 0 Å². The molecule has 0 saturated heterocycles. The van der Waals surface area contributed by atoms with Gasteiger partial charge in [-0.2, -0.15) is 0 Å². The number of phenols is 1. The summed E-state index contributed by atoms with van der Waals surface area (Å²) in [5.41, 5.74) is 1.66. The van der Waals surface area contributed by atoms with Gasteiger partial charge in [-0.3, -0.25) is 0 Å². The van der Waals surface area contributed by atoms with E-state index in [2.05, 4.69) is 24.1 Å². The van der Waals surface area contributed by atoms with Gasteiger partial charge < -0.3 is 10.4 Å². The quantitative estimate of drug-likeness (QED) is 0.573. The van der Waals surface area contributed by atoms with Crippen LogP contribution in [0.5, 0.6) is 5.75 Å². The maximum atomic E-state index is 14.3. The Morgan fingerprint density at radius 2 is 1.74 bits per heavy atom. The van der Waals surface area contributed by atoms with Crippen molar-refractivity contribution in [3.63, 3.8) is 0 Å². The molecule has 1 aromatic heterocycles. The van der Waals surface area contributed by atoms with Gasteiger partial charge in [0.25, 0.3) is 0 Å². The van der Waals surface area contributed by atoms with Crippen LogP contribution in [0.3, 0.4) is 0 Å². The van der Waals surface area contributed by atoms with Crippen LogP contribution in [0, 0.1) is 17.6 Å². The highest BCUT2D eigenvalue weighted by molar-refractivity contribution is 5.76. The second-order valence-corrected chi connectivity index (χ2v) is 6.85. The van der Waals surface area contributed by atoms with Crippen molar-refractivity contribution in [2.24, 2.45) is 5.92 Å². The minimum atomic E-state index is -0.903. The maximum Gasteiger partial charge on any atom is 0.166 e. The lowest BCUT2D eigenvalue weighted by molar-refractivity contribution is 0.477. The average molecular weight is 368 g/mol. The first-order valence-electron chi connectivity index (χ1n) is 8.94. The van der Waals surface area contributed by atoms with Gasteiger partial charge in [0, 0.05) is 17.7 Å². The van der Waals surface area contributed by atoms with Crippen molar-refractivity contribution in [3.8, 4) is 28.1 Å². The van der Waals surface area contributed by atoms with Crippen molar-refractivity contribution in [2.75, 3.05) is 11.9 Å². The molecule has 2 N–H and O–H groups in total. The van der Waals surface area contributed by atoms with E-state index in [9.17, 15) is 13.9 Å². The van der Waals surface area contributed by atoms with Gasteiger partial charge in [-0.25, -0.2) is 13.8 Å². The van der Waals surface area contributed by atoms with E-state index in [0.717, 1.165) is 12.5 Å². The Hall–Kier alpha value is -2.95. The topological polar surface area (TPSA) is 45.1 Å². The van der Waals surface area contributed by atoms with Gasteiger partial charge in [0.1, 0.15) is 11.6 Å². The first-order valence-corrected chi connectivity index (χ1v) is 8.94. The fourth-order valence-corrected chi connectivity index (χ4v) is 2.82. The predicted octanol–water partition coefficient (Wildman–Crippen LogP) is 5.86. The number of phenolic OH excluding ortho intramolecular Hbond substituents is 1. The van der Waals surface area contributed by atoms with Crippen molar-refractivity contribution in [1.82, 2.24) is 4.98 Å². The van der Waals surface area contributed by atoms with Gasteiger partial charge in [-0.05, 0) is 48.2 Å². The second kappa shape index (κ2) is 8.16. The fourth-order valence-electron chi connectivity index (χ4n) is 2.82. The fraction of sp³-hybridized carbons (Fsp3) is 0.227. The summed E-state index contributed by atoms with van der Waals surface area (Å²) in [4.78, 5) is 4.55. The zero-order chi connectivity index (χ0) is 19.4. The third-order valence-electron chi connectivity index (χ3n) is 4.30. The van der Waals surface area contributed by atoms with Crippen molar-refractivity contribution >= 4 is 5.82 Å². The van der Waals surface area contributed by atoms with Crippen molar-refractivity contribution in [2.45, 2.75) is 20.3 Å². The van der Waals surface area contributed by atoms with E-state index in [1.807, 2.05) is 0 Å². The van der Waals surface area contributed by atoms with Crippen molar-refractivity contribution < 1.29 is 13.9 Å². The average Bonchev–Trinajstić information content (AvgIpc) is 2.64. The monoisotopic (exact) mass is 368 g/mol. The number of aromatic hydroxyl groups is 1. The number of anilines is 1. The molecular formula is C22H22F2N2O. The minimum Gasteiger partial charge on any atom is -0.507 e. The minimum absolute atomic E-state index is 0.0787. The lowest BCUT2D eigenvalue weighted by Crippen LogP contribution is -2.07. The number of aromatic nitrogens is 1. The van der Waals surface area contributed by atoms with Crippen molar-refractivity contribution in [1.29, 1.82) is 0 Å². The summed E-state index contributed by atoms with van der Waals surface area (Å²) in [7, 11) is 0. The van der Waals surface area contributed by atoms with Gasteiger partial charge in [-0.15, -0.1) is 0 Å². The number of nitrogens with zero attached hydrogens (tertiary/aromatic N) is 1. The van der Waals surface area contributed by atoms with Crippen LogP contribution in [0.4, 0.5) is 14.6 Å². The molecule has 3 rings (SSSR count). The van der Waals surface area contributed by atoms with E-state index in [0.29, 0.717) is 35.1 Å². The first-order chi connectivity index (χ1) is 13.0. The van der Waals surface area contributed by atoms with E-state index < -0.39 is 11.6 Å². The summed E-state index contributed by atoms with van der Waals surface area (Å²) in [5.74, 6) is -0.646. The molecule has 0 saturated carbocycles. The smallest absolute Gasteiger partial charge is 0.166 e. The molecule has 27 heavy (non-hydrogen) atoms. The Balaban J connectivity index is 2.08. The lowest BCUT2D eigenvalue weighted by atomic mass is 10.0. The van der Waals surface area contributed by atoms with Gasteiger partial charge in [0.2, 0.25) is 0 Å². The normalized spacial score (nSPS) is 11.0. The van der Waals surface area contributed by atoms with Crippen LogP contribution >= 0.6 is 0 Å². The maximum absolute atomic E-state index is 14.3. The number of benzene rings is 2. The Morgan fingerprint density at radius 3 is 2.48 bits per heavy atom. The Bertz CT molecular complexity index is 941. The molecule has 2 aromatic carbocycles. The number of hydrogen-bond acceptors (Lipinski definition) is 3. The number of para-hydroxylation sites is 1. The van der Waals surface area contributed by atoms with E-state index in [1.165, 1.54) is 12.1 Å². The largest absolute Gasteiger partial charge is 0.507 e. The van der Waals surface area contributed by atoms with Gasteiger partial charge in [0.05, 0.1) is 5.69 Å². The number of nitrogens with one attached hydrogen (secondary N) is 1. The first kappa shape index (κ1) is 18.8. The molecule has 0 radical (unpaired) electrons. The SMILES string of the molecule is CC(C)CCNc1cc(-c2cccc(F)c2F)cc(-c2ccccc2O)n1. The summed E-state index contributed by atoms with van der Waals surface area (Å²) in [5, 5.41) is 13.4. The van der Waals surface area contributed by atoms with E-state index in [-0.39, 0.29) is 11.3 Å².